The molecule has 0 saturated heterocycles. The van der Waals surface area contributed by atoms with Crippen LogP contribution in [0.1, 0.15) is 24.1 Å². The van der Waals surface area contributed by atoms with E-state index in [1.807, 2.05) is 30.3 Å². The quantitative estimate of drug-likeness (QED) is 0.274. The van der Waals surface area contributed by atoms with E-state index < -0.39 is 17.9 Å². The average molecular weight is 503 g/mol. The summed E-state index contributed by atoms with van der Waals surface area (Å²) in [4.78, 5) is 32.8. The summed E-state index contributed by atoms with van der Waals surface area (Å²) in [5, 5.41) is 5.59. The molecule has 3 aromatic carbocycles. The third-order valence-electron chi connectivity index (χ3n) is 5.58. The number of halogens is 1. The fourth-order valence-corrected chi connectivity index (χ4v) is 3.47. The van der Waals surface area contributed by atoms with Crippen molar-refractivity contribution in [2.75, 3.05) is 11.9 Å². The van der Waals surface area contributed by atoms with Crippen LogP contribution in [0.3, 0.4) is 0 Å². The number of carbonyl (C=O) groups is 2. The first kappa shape index (κ1) is 25.6. The highest BCUT2D eigenvalue weighted by Gasteiger charge is 2.25. The van der Waals surface area contributed by atoms with Gasteiger partial charge in [-0.1, -0.05) is 30.3 Å². The molecule has 37 heavy (non-hydrogen) atoms. The molecule has 1 heterocycles. The van der Waals surface area contributed by atoms with Crippen LogP contribution in [0.4, 0.5) is 10.1 Å². The smallest absolute Gasteiger partial charge is 0.249 e. The minimum Gasteiger partial charge on any atom is -0.457 e. The maximum absolute atomic E-state index is 13.1. The fourth-order valence-electron chi connectivity index (χ4n) is 3.47. The van der Waals surface area contributed by atoms with Gasteiger partial charge in [0, 0.05) is 17.6 Å². The highest BCUT2D eigenvalue weighted by Crippen LogP contribution is 2.23. The minimum atomic E-state index is -0.934. The van der Waals surface area contributed by atoms with Crippen LogP contribution >= 0.6 is 0 Å². The van der Waals surface area contributed by atoms with Gasteiger partial charge in [0.15, 0.2) is 0 Å². The summed E-state index contributed by atoms with van der Waals surface area (Å²) in [7, 11) is 0. The molecule has 0 saturated carbocycles. The van der Waals surface area contributed by atoms with E-state index in [4.69, 9.17) is 9.47 Å². The van der Waals surface area contributed by atoms with Gasteiger partial charge < -0.3 is 25.1 Å². The molecular formula is C28H27FN4O4. The van der Waals surface area contributed by atoms with Gasteiger partial charge in [0.05, 0.1) is 25.5 Å². The molecule has 0 fully saturated rings. The lowest BCUT2D eigenvalue weighted by Gasteiger charge is -2.20. The predicted molar refractivity (Wildman–Crippen MR) is 137 cm³/mol. The van der Waals surface area contributed by atoms with Crippen molar-refractivity contribution < 1.29 is 23.5 Å². The first-order chi connectivity index (χ1) is 18.0. The highest BCUT2D eigenvalue weighted by atomic mass is 19.1. The molecule has 4 aromatic rings. The van der Waals surface area contributed by atoms with Gasteiger partial charge >= 0.3 is 0 Å². The molecule has 0 aliphatic carbocycles. The number of benzene rings is 3. The maximum atomic E-state index is 13.1. The van der Waals surface area contributed by atoms with Crippen LogP contribution in [0.15, 0.2) is 91.4 Å². The number of nitrogens with zero attached hydrogens (tertiary/aromatic N) is 1. The summed E-state index contributed by atoms with van der Waals surface area (Å²) in [5.74, 6) is -0.633. The van der Waals surface area contributed by atoms with Crippen molar-refractivity contribution in [1.82, 2.24) is 15.3 Å². The van der Waals surface area contributed by atoms with Gasteiger partial charge in [-0.15, -0.1) is 0 Å². The van der Waals surface area contributed by atoms with E-state index in [1.54, 1.807) is 37.4 Å². The Labute approximate surface area is 213 Å². The Morgan fingerprint density at radius 3 is 2.27 bits per heavy atom. The van der Waals surface area contributed by atoms with Crippen LogP contribution in [-0.4, -0.2) is 34.4 Å². The average Bonchev–Trinajstić information content (AvgIpc) is 3.46. The molecule has 2 unspecified atom stereocenters. The zero-order chi connectivity index (χ0) is 26.0. The number of hydrogen-bond acceptors (Lipinski definition) is 5. The summed E-state index contributed by atoms with van der Waals surface area (Å²) >= 11 is 0. The number of amides is 2. The standard InChI is InChI=1S/C28H27FN4O4/c1-19(25-15-30-18-31-25)27(34)33-26(17-36-16-20-5-3-2-4-6-20)28(35)32-22-9-13-24(14-10-22)37-23-11-7-21(29)8-12-23/h2-15,18-19,26H,16-17H2,1H3,(H,30,31)(H,32,35)(H,33,34). The van der Waals surface area contributed by atoms with Crippen molar-refractivity contribution in [2.24, 2.45) is 0 Å². The number of imidazole rings is 1. The summed E-state index contributed by atoms with van der Waals surface area (Å²) < 4.78 is 24.5. The second-order valence-corrected chi connectivity index (χ2v) is 8.36. The zero-order valence-electron chi connectivity index (χ0n) is 20.2. The van der Waals surface area contributed by atoms with Crippen LogP contribution in [0.2, 0.25) is 0 Å². The summed E-state index contributed by atoms with van der Waals surface area (Å²) in [6.07, 6.45) is 3.07. The number of hydrogen-bond donors (Lipinski definition) is 3. The molecule has 2 atom stereocenters. The second kappa shape index (κ2) is 12.5. The Morgan fingerprint density at radius 2 is 1.62 bits per heavy atom. The molecule has 0 spiro atoms. The van der Waals surface area contributed by atoms with Crippen LogP contribution < -0.4 is 15.4 Å². The molecular weight excluding hydrogens is 475 g/mol. The van der Waals surface area contributed by atoms with E-state index in [0.29, 0.717) is 29.5 Å². The SMILES string of the molecule is CC(C(=O)NC(COCc1ccccc1)C(=O)Nc1ccc(Oc2ccc(F)cc2)cc1)c1cnc[nH]1. The molecule has 190 valence electrons. The van der Waals surface area contributed by atoms with Crippen molar-refractivity contribution in [3.8, 4) is 11.5 Å². The van der Waals surface area contributed by atoms with Crippen LogP contribution in [0, 0.1) is 5.82 Å². The molecule has 4 rings (SSSR count). The number of aromatic nitrogens is 2. The molecule has 0 radical (unpaired) electrons. The number of rotatable bonds is 11. The Hall–Kier alpha value is -4.50. The molecule has 0 bridgehead atoms. The molecule has 8 nitrogen and oxygen atoms in total. The van der Waals surface area contributed by atoms with E-state index in [1.165, 1.54) is 30.6 Å². The monoisotopic (exact) mass is 502 g/mol. The number of ether oxygens (including phenoxy) is 2. The fraction of sp³-hybridized carbons (Fsp3) is 0.179. The number of anilines is 1. The lowest BCUT2D eigenvalue weighted by atomic mass is 10.1. The van der Waals surface area contributed by atoms with Gasteiger partial charge in [-0.25, -0.2) is 9.37 Å². The van der Waals surface area contributed by atoms with Gasteiger partial charge in [-0.3, -0.25) is 9.59 Å². The van der Waals surface area contributed by atoms with E-state index in [-0.39, 0.29) is 18.3 Å². The van der Waals surface area contributed by atoms with Crippen LogP contribution in [-0.2, 0) is 20.9 Å². The van der Waals surface area contributed by atoms with Gasteiger partial charge in [-0.05, 0) is 61.0 Å². The first-order valence-electron chi connectivity index (χ1n) is 11.7. The van der Waals surface area contributed by atoms with Crippen molar-refractivity contribution in [1.29, 1.82) is 0 Å². The van der Waals surface area contributed by atoms with Gasteiger partial charge in [0.25, 0.3) is 0 Å². The molecule has 1 aromatic heterocycles. The van der Waals surface area contributed by atoms with Crippen molar-refractivity contribution in [2.45, 2.75) is 25.5 Å². The van der Waals surface area contributed by atoms with E-state index in [9.17, 15) is 14.0 Å². The lowest BCUT2D eigenvalue weighted by Crippen LogP contribution is -2.48. The number of aromatic amines is 1. The predicted octanol–water partition coefficient (Wildman–Crippen LogP) is 4.78. The van der Waals surface area contributed by atoms with Crippen LogP contribution in [0.25, 0.3) is 0 Å². The first-order valence-corrected chi connectivity index (χ1v) is 11.7. The molecule has 3 N–H and O–H groups in total. The normalized spacial score (nSPS) is 12.4. The highest BCUT2D eigenvalue weighted by molar-refractivity contribution is 5.98. The lowest BCUT2D eigenvalue weighted by molar-refractivity contribution is -0.128. The van der Waals surface area contributed by atoms with Gasteiger partial charge in [0.1, 0.15) is 23.4 Å². The van der Waals surface area contributed by atoms with Crippen molar-refractivity contribution in [3.63, 3.8) is 0 Å². The number of carbonyl (C=O) groups excluding carboxylic acids is 2. The Bertz CT molecular complexity index is 1280. The number of H-pyrrole nitrogens is 1. The number of nitrogens with one attached hydrogen (secondary N) is 3. The zero-order valence-corrected chi connectivity index (χ0v) is 20.2. The van der Waals surface area contributed by atoms with Gasteiger partial charge in [0.2, 0.25) is 11.8 Å². The topological polar surface area (TPSA) is 105 Å². The van der Waals surface area contributed by atoms with E-state index in [2.05, 4.69) is 20.6 Å². The van der Waals surface area contributed by atoms with Crippen molar-refractivity contribution >= 4 is 17.5 Å². The van der Waals surface area contributed by atoms with E-state index in [0.717, 1.165) is 5.56 Å². The molecule has 2 amide bonds. The summed E-state index contributed by atoms with van der Waals surface area (Å²) in [5.41, 5.74) is 2.11. The van der Waals surface area contributed by atoms with Crippen LogP contribution in [0.5, 0.6) is 11.5 Å². The second-order valence-electron chi connectivity index (χ2n) is 8.36. The van der Waals surface area contributed by atoms with Crippen molar-refractivity contribution in [3.05, 3.63) is 108 Å². The van der Waals surface area contributed by atoms with E-state index >= 15 is 0 Å². The Morgan fingerprint density at radius 1 is 0.946 bits per heavy atom. The summed E-state index contributed by atoms with van der Waals surface area (Å²) in [6.45, 7) is 2.00. The molecule has 0 aliphatic heterocycles. The van der Waals surface area contributed by atoms with Gasteiger partial charge in [-0.2, -0.15) is 0 Å². The third kappa shape index (κ3) is 7.49. The largest absolute Gasteiger partial charge is 0.457 e. The molecule has 0 aliphatic rings. The molecule has 9 heteroatoms. The Kier molecular flexibility index (Phi) is 8.62. The maximum Gasteiger partial charge on any atom is 0.249 e. The summed E-state index contributed by atoms with van der Waals surface area (Å²) in [6, 6.07) is 21.0. The third-order valence-corrected chi connectivity index (χ3v) is 5.58. The Balaban J connectivity index is 1.39. The minimum absolute atomic E-state index is 0.0199.